The maximum absolute atomic E-state index is 11.5. The molecule has 0 aromatic rings. The van der Waals surface area contributed by atoms with Gasteiger partial charge in [-0.05, 0) is 0 Å². The number of rotatable bonds is 2. The molecular weight excluding hydrogens is 229 g/mol. The van der Waals surface area contributed by atoms with E-state index >= 15 is 0 Å². The molecule has 0 saturated carbocycles. The third-order valence-electron chi connectivity index (χ3n) is 2.22. The predicted molar refractivity (Wildman–Crippen MR) is 54.7 cm³/mol. The standard InChI is InChI=1S/C9H18AsNO2/c1-9(2,7-10)13-8(12)11-5-3-4-6-11/h3-7,10H2,1-2H3. The summed E-state index contributed by atoms with van der Waals surface area (Å²) in [5, 5.41) is 0.916. The summed E-state index contributed by atoms with van der Waals surface area (Å²) >= 11 is 1.60. The van der Waals surface area contributed by atoms with E-state index in [4.69, 9.17) is 4.74 Å². The summed E-state index contributed by atoms with van der Waals surface area (Å²) in [5.41, 5.74) is -0.292. The van der Waals surface area contributed by atoms with Crippen LogP contribution in [0, 0.1) is 0 Å². The van der Waals surface area contributed by atoms with Crippen molar-refractivity contribution >= 4 is 22.9 Å². The van der Waals surface area contributed by atoms with Gasteiger partial charge in [-0.15, -0.1) is 0 Å². The molecule has 1 atom stereocenters. The Morgan fingerprint density at radius 2 is 2.00 bits per heavy atom. The molecule has 0 aromatic heterocycles. The van der Waals surface area contributed by atoms with Crippen molar-refractivity contribution in [3.05, 3.63) is 0 Å². The molecule has 0 spiro atoms. The van der Waals surface area contributed by atoms with E-state index in [1.165, 1.54) is 0 Å². The fourth-order valence-electron chi connectivity index (χ4n) is 1.24. The second kappa shape index (κ2) is 4.36. The number of ether oxygens (including phenoxy) is 1. The Bertz CT molecular complexity index is 188. The van der Waals surface area contributed by atoms with E-state index in [0.29, 0.717) is 0 Å². The normalized spacial score (nSPS) is 17.6. The van der Waals surface area contributed by atoms with Crippen molar-refractivity contribution in [2.75, 3.05) is 13.1 Å². The van der Waals surface area contributed by atoms with Gasteiger partial charge in [0.05, 0.1) is 0 Å². The third-order valence-corrected chi connectivity index (χ3v) is 4.28. The maximum atomic E-state index is 11.5. The van der Waals surface area contributed by atoms with Crippen LogP contribution in [0.2, 0.25) is 5.21 Å². The first-order valence-electron chi connectivity index (χ1n) is 4.73. The quantitative estimate of drug-likeness (QED) is 0.682. The Hall–Kier alpha value is -0.172. The molecule has 1 fully saturated rings. The summed E-state index contributed by atoms with van der Waals surface area (Å²) in [6, 6.07) is 0. The average molecular weight is 247 g/mol. The predicted octanol–water partition coefficient (Wildman–Crippen LogP) is 1.05. The second-order valence-corrected chi connectivity index (χ2v) is 4.88. The van der Waals surface area contributed by atoms with Crippen LogP contribution in [-0.4, -0.2) is 46.5 Å². The number of nitrogens with zero attached hydrogens (tertiary/aromatic N) is 1. The molecule has 1 saturated heterocycles. The van der Waals surface area contributed by atoms with Gasteiger partial charge in [0.15, 0.2) is 0 Å². The summed E-state index contributed by atoms with van der Waals surface area (Å²) in [5.74, 6) is 0. The van der Waals surface area contributed by atoms with Gasteiger partial charge in [-0.1, -0.05) is 0 Å². The first-order valence-corrected chi connectivity index (χ1v) is 6.44. The van der Waals surface area contributed by atoms with Crippen molar-refractivity contribution in [2.45, 2.75) is 37.5 Å². The molecule has 0 N–H and O–H groups in total. The van der Waals surface area contributed by atoms with Gasteiger partial charge in [-0.3, -0.25) is 0 Å². The molecule has 1 heterocycles. The van der Waals surface area contributed by atoms with E-state index in [0.717, 1.165) is 31.1 Å². The monoisotopic (exact) mass is 247 g/mol. The fraction of sp³-hybridized carbons (Fsp3) is 0.889. The average Bonchev–Trinajstić information content (AvgIpc) is 2.55. The Morgan fingerprint density at radius 3 is 2.46 bits per heavy atom. The van der Waals surface area contributed by atoms with Crippen LogP contribution in [0.15, 0.2) is 0 Å². The Morgan fingerprint density at radius 1 is 1.46 bits per heavy atom. The van der Waals surface area contributed by atoms with E-state index in [-0.39, 0.29) is 11.7 Å². The summed E-state index contributed by atoms with van der Waals surface area (Å²) in [4.78, 5) is 13.3. The first kappa shape index (κ1) is 10.9. The zero-order valence-electron chi connectivity index (χ0n) is 8.38. The molecule has 0 bridgehead atoms. The van der Waals surface area contributed by atoms with E-state index in [1.54, 1.807) is 21.8 Å². The van der Waals surface area contributed by atoms with Crippen LogP contribution in [0.3, 0.4) is 0 Å². The van der Waals surface area contributed by atoms with Gasteiger partial charge in [0.25, 0.3) is 0 Å². The number of amides is 1. The fourth-order valence-corrected chi connectivity index (χ4v) is 1.42. The molecule has 0 aliphatic carbocycles. The number of carbonyl (C=O) groups excluding carboxylic acids is 1. The summed E-state index contributed by atoms with van der Waals surface area (Å²) in [7, 11) is 0. The molecular formula is C9H18AsNO2. The van der Waals surface area contributed by atoms with Gasteiger partial charge in [-0.2, -0.15) is 0 Å². The molecule has 3 nitrogen and oxygen atoms in total. The van der Waals surface area contributed by atoms with Crippen LogP contribution in [0.5, 0.6) is 0 Å². The van der Waals surface area contributed by atoms with Crippen LogP contribution < -0.4 is 0 Å². The minimum absolute atomic E-state index is 0.139. The van der Waals surface area contributed by atoms with Gasteiger partial charge in [0.2, 0.25) is 0 Å². The molecule has 0 aromatic carbocycles. The zero-order valence-corrected chi connectivity index (χ0v) is 10.8. The molecule has 1 aliphatic rings. The van der Waals surface area contributed by atoms with Crippen LogP contribution in [0.4, 0.5) is 4.79 Å². The van der Waals surface area contributed by atoms with Crippen LogP contribution in [-0.2, 0) is 4.74 Å². The Labute approximate surface area is 88.3 Å². The van der Waals surface area contributed by atoms with Gasteiger partial charge in [0, 0.05) is 0 Å². The minimum atomic E-state index is -0.292. The molecule has 1 unspecified atom stereocenters. The SMILES string of the molecule is CC(C)(C[AsH2])OC(=O)N1CCCC1. The van der Waals surface area contributed by atoms with Crippen molar-refractivity contribution in [3.8, 4) is 0 Å². The molecule has 76 valence electrons. The summed E-state index contributed by atoms with van der Waals surface area (Å²) in [6.07, 6.45) is 2.09. The first-order chi connectivity index (χ1) is 6.05. The van der Waals surface area contributed by atoms with E-state index in [2.05, 4.69) is 0 Å². The molecule has 1 aliphatic heterocycles. The topological polar surface area (TPSA) is 29.5 Å². The molecule has 13 heavy (non-hydrogen) atoms. The van der Waals surface area contributed by atoms with Gasteiger partial charge in [-0.25, -0.2) is 0 Å². The van der Waals surface area contributed by atoms with Crippen molar-refractivity contribution in [3.63, 3.8) is 0 Å². The molecule has 4 heteroatoms. The van der Waals surface area contributed by atoms with Crippen molar-refractivity contribution < 1.29 is 9.53 Å². The Balaban J connectivity index is 2.40. The third kappa shape index (κ3) is 3.22. The molecule has 1 amide bonds. The van der Waals surface area contributed by atoms with Crippen LogP contribution in [0.1, 0.15) is 26.7 Å². The summed E-state index contributed by atoms with van der Waals surface area (Å²) < 4.78 is 5.37. The number of hydrogen-bond acceptors (Lipinski definition) is 2. The van der Waals surface area contributed by atoms with Crippen molar-refractivity contribution in [1.82, 2.24) is 4.90 Å². The second-order valence-electron chi connectivity index (χ2n) is 4.03. The number of likely N-dealkylation sites (tertiary alicyclic amines) is 1. The Kier molecular flexibility index (Phi) is 3.66. The van der Waals surface area contributed by atoms with Crippen molar-refractivity contribution in [2.24, 2.45) is 0 Å². The van der Waals surface area contributed by atoms with E-state index < -0.39 is 0 Å². The van der Waals surface area contributed by atoms with Crippen LogP contribution in [0.25, 0.3) is 0 Å². The zero-order chi connectivity index (χ0) is 9.90. The molecule has 0 radical (unpaired) electrons. The van der Waals surface area contributed by atoms with Crippen LogP contribution >= 0.6 is 0 Å². The van der Waals surface area contributed by atoms with Crippen molar-refractivity contribution in [1.29, 1.82) is 0 Å². The number of hydrogen-bond donors (Lipinski definition) is 0. The van der Waals surface area contributed by atoms with Gasteiger partial charge in [0.1, 0.15) is 0 Å². The van der Waals surface area contributed by atoms with Gasteiger partial charge < -0.3 is 0 Å². The summed E-state index contributed by atoms with van der Waals surface area (Å²) in [6.45, 7) is 5.65. The van der Waals surface area contributed by atoms with E-state index in [1.807, 2.05) is 13.8 Å². The van der Waals surface area contributed by atoms with E-state index in [9.17, 15) is 4.79 Å². The number of carbonyl (C=O) groups is 1. The van der Waals surface area contributed by atoms with Gasteiger partial charge >= 0.3 is 88.0 Å². The molecule has 1 rings (SSSR count).